The van der Waals surface area contributed by atoms with Crippen LogP contribution in [-0.2, 0) is 6.18 Å². The molecule has 148 valence electrons. The van der Waals surface area contributed by atoms with Crippen LogP contribution in [0.1, 0.15) is 16.8 Å². The van der Waals surface area contributed by atoms with E-state index in [0.717, 1.165) is 4.90 Å². The second kappa shape index (κ2) is 8.25. The molecule has 4 aromatic rings. The summed E-state index contributed by atoms with van der Waals surface area (Å²) in [5, 5.41) is 0.651. The highest BCUT2D eigenvalue weighted by Gasteiger charge is 2.37. The van der Waals surface area contributed by atoms with Crippen LogP contribution in [0, 0.1) is 11.8 Å². The Kier molecular flexibility index (Phi) is 5.52. The Hall–Kier alpha value is -3.23. The molecule has 0 saturated carbocycles. The molecule has 30 heavy (non-hydrogen) atoms. The summed E-state index contributed by atoms with van der Waals surface area (Å²) in [5.41, 5.74) is 0.989. The molecule has 1 heterocycles. The highest BCUT2D eigenvalue weighted by Crippen LogP contribution is 2.40. The van der Waals surface area contributed by atoms with Crippen LogP contribution in [-0.4, -0.2) is 11.2 Å². The molecule has 0 bridgehead atoms. The highest BCUT2D eigenvalue weighted by atomic mass is 32.2. The van der Waals surface area contributed by atoms with Crippen LogP contribution in [0.2, 0.25) is 0 Å². The zero-order valence-corrected chi connectivity index (χ0v) is 16.8. The second-order valence-electron chi connectivity index (χ2n) is 6.57. The summed E-state index contributed by atoms with van der Waals surface area (Å²) >= 11 is 1.53. The number of hydrogen-bond acceptors (Lipinski definition) is 2. The summed E-state index contributed by atoms with van der Waals surface area (Å²) in [6.45, 7) is 0. The van der Waals surface area contributed by atoms with Crippen molar-refractivity contribution in [2.24, 2.45) is 0 Å². The van der Waals surface area contributed by atoms with Gasteiger partial charge in [-0.25, -0.2) is 4.98 Å². The lowest BCUT2D eigenvalue weighted by atomic mass is 9.94. The van der Waals surface area contributed by atoms with E-state index in [-0.39, 0.29) is 5.56 Å². The van der Waals surface area contributed by atoms with Gasteiger partial charge in [0.05, 0.1) is 11.1 Å². The molecule has 0 atom stereocenters. The van der Waals surface area contributed by atoms with Crippen LogP contribution in [0.15, 0.2) is 83.8 Å². The van der Waals surface area contributed by atoms with Crippen molar-refractivity contribution in [2.45, 2.75) is 11.1 Å². The lowest BCUT2D eigenvalue weighted by Gasteiger charge is -2.16. The van der Waals surface area contributed by atoms with E-state index >= 15 is 0 Å². The van der Waals surface area contributed by atoms with Crippen molar-refractivity contribution in [3.63, 3.8) is 0 Å². The van der Waals surface area contributed by atoms with Gasteiger partial charge in [-0.2, -0.15) is 13.2 Å². The minimum absolute atomic E-state index is 0.108. The van der Waals surface area contributed by atoms with Gasteiger partial charge < -0.3 is 0 Å². The van der Waals surface area contributed by atoms with Crippen LogP contribution < -0.4 is 0 Å². The third kappa shape index (κ3) is 4.05. The standard InChI is InChI=1S/C25H16F3NS/c1-30-19-13-15-22-21(16-19)23(18-10-6-3-7-11-18)20(24(29-22)25(26,27)28)14-12-17-8-4-2-5-9-17/h2-11,13,15-16H,1H3. The number of aromatic nitrogens is 1. The smallest absolute Gasteiger partial charge is 0.242 e. The van der Waals surface area contributed by atoms with Gasteiger partial charge in [-0.15, -0.1) is 11.8 Å². The molecule has 0 aliphatic carbocycles. The molecule has 0 aliphatic heterocycles. The first-order chi connectivity index (χ1) is 14.5. The van der Waals surface area contributed by atoms with Crippen molar-refractivity contribution in [1.29, 1.82) is 0 Å². The molecule has 0 unspecified atom stereocenters. The lowest BCUT2D eigenvalue weighted by Crippen LogP contribution is -2.12. The molecular weight excluding hydrogens is 403 g/mol. The van der Waals surface area contributed by atoms with Crippen LogP contribution in [0.4, 0.5) is 13.2 Å². The third-order valence-corrected chi connectivity index (χ3v) is 5.35. The zero-order valence-electron chi connectivity index (χ0n) is 16.0. The van der Waals surface area contributed by atoms with Crippen LogP contribution in [0.3, 0.4) is 0 Å². The molecule has 4 rings (SSSR count). The fourth-order valence-electron chi connectivity index (χ4n) is 3.26. The van der Waals surface area contributed by atoms with E-state index in [9.17, 15) is 13.2 Å². The predicted molar refractivity (Wildman–Crippen MR) is 116 cm³/mol. The van der Waals surface area contributed by atoms with E-state index < -0.39 is 11.9 Å². The first-order valence-corrected chi connectivity index (χ1v) is 10.4. The van der Waals surface area contributed by atoms with E-state index in [4.69, 9.17) is 0 Å². The van der Waals surface area contributed by atoms with Crippen LogP contribution in [0.25, 0.3) is 22.0 Å². The molecule has 5 heteroatoms. The van der Waals surface area contributed by atoms with E-state index in [1.807, 2.05) is 36.6 Å². The monoisotopic (exact) mass is 419 g/mol. The maximum Gasteiger partial charge on any atom is 0.434 e. The number of fused-ring (bicyclic) bond motifs is 1. The minimum atomic E-state index is -4.63. The SMILES string of the molecule is CSc1ccc2nc(C(F)(F)F)c(C#Cc3ccccc3)c(-c3ccccc3)c2c1. The third-order valence-electron chi connectivity index (χ3n) is 4.63. The fourth-order valence-corrected chi connectivity index (χ4v) is 3.70. The number of alkyl halides is 3. The Bertz CT molecular complexity index is 1250. The number of thioether (sulfide) groups is 1. The first-order valence-electron chi connectivity index (χ1n) is 9.19. The zero-order chi connectivity index (χ0) is 21.1. The van der Waals surface area contributed by atoms with E-state index in [1.165, 1.54) is 11.8 Å². The average Bonchev–Trinajstić information content (AvgIpc) is 2.77. The molecule has 0 saturated heterocycles. The van der Waals surface area contributed by atoms with Gasteiger partial charge >= 0.3 is 6.18 Å². The fraction of sp³-hybridized carbons (Fsp3) is 0.0800. The van der Waals surface area contributed by atoms with Gasteiger partial charge in [0, 0.05) is 21.4 Å². The van der Waals surface area contributed by atoms with Gasteiger partial charge in [0.15, 0.2) is 5.69 Å². The van der Waals surface area contributed by atoms with Crippen molar-refractivity contribution in [3.05, 3.63) is 95.7 Å². The van der Waals surface area contributed by atoms with Gasteiger partial charge in [-0.05, 0) is 42.2 Å². The lowest BCUT2D eigenvalue weighted by molar-refractivity contribution is -0.141. The molecule has 0 aliphatic rings. The Morgan fingerprint density at radius 2 is 1.50 bits per heavy atom. The number of benzene rings is 3. The molecule has 0 fully saturated rings. The van der Waals surface area contributed by atoms with Gasteiger partial charge in [-0.3, -0.25) is 0 Å². The molecule has 1 aromatic heterocycles. The summed E-state index contributed by atoms with van der Waals surface area (Å²) in [7, 11) is 0. The summed E-state index contributed by atoms with van der Waals surface area (Å²) in [5.74, 6) is 5.68. The van der Waals surface area contributed by atoms with E-state index in [0.29, 0.717) is 27.6 Å². The van der Waals surface area contributed by atoms with E-state index in [1.54, 1.807) is 48.5 Å². The number of rotatable bonds is 2. The van der Waals surface area contributed by atoms with E-state index in [2.05, 4.69) is 16.8 Å². The second-order valence-corrected chi connectivity index (χ2v) is 7.45. The van der Waals surface area contributed by atoms with Crippen molar-refractivity contribution in [3.8, 4) is 23.0 Å². The summed E-state index contributed by atoms with van der Waals surface area (Å²) in [6.07, 6.45) is -2.70. The quantitative estimate of drug-likeness (QED) is 0.255. The molecule has 0 spiro atoms. The Morgan fingerprint density at radius 1 is 0.833 bits per heavy atom. The topological polar surface area (TPSA) is 12.9 Å². The van der Waals surface area contributed by atoms with Crippen molar-refractivity contribution >= 4 is 22.7 Å². The number of pyridine rings is 1. The molecule has 0 N–H and O–H groups in total. The molecular formula is C25H16F3NS. The van der Waals surface area contributed by atoms with Crippen molar-refractivity contribution in [2.75, 3.05) is 6.26 Å². The first kappa shape index (κ1) is 20.1. The molecule has 1 nitrogen and oxygen atoms in total. The maximum absolute atomic E-state index is 14.0. The normalized spacial score (nSPS) is 11.2. The Labute approximate surface area is 177 Å². The number of nitrogens with zero attached hydrogens (tertiary/aromatic N) is 1. The van der Waals surface area contributed by atoms with Gasteiger partial charge in [-0.1, -0.05) is 60.4 Å². The molecule has 3 aromatic carbocycles. The maximum atomic E-state index is 14.0. The summed E-state index contributed by atoms with van der Waals surface area (Å²) in [6, 6.07) is 23.3. The largest absolute Gasteiger partial charge is 0.434 e. The molecule has 0 amide bonds. The predicted octanol–water partition coefficient (Wildman–Crippen LogP) is 7.04. The number of halogens is 3. The Morgan fingerprint density at radius 3 is 2.13 bits per heavy atom. The van der Waals surface area contributed by atoms with Gasteiger partial charge in [0.25, 0.3) is 0 Å². The van der Waals surface area contributed by atoms with Crippen molar-refractivity contribution in [1.82, 2.24) is 4.98 Å². The minimum Gasteiger partial charge on any atom is -0.242 e. The van der Waals surface area contributed by atoms with Crippen molar-refractivity contribution < 1.29 is 13.2 Å². The average molecular weight is 419 g/mol. The molecule has 0 radical (unpaired) electrons. The Balaban J connectivity index is 2.12. The van der Waals surface area contributed by atoms with Crippen LogP contribution >= 0.6 is 11.8 Å². The van der Waals surface area contributed by atoms with Crippen LogP contribution in [0.5, 0.6) is 0 Å². The van der Waals surface area contributed by atoms with Gasteiger partial charge in [0.2, 0.25) is 0 Å². The van der Waals surface area contributed by atoms with Gasteiger partial charge in [0.1, 0.15) is 0 Å². The summed E-state index contributed by atoms with van der Waals surface area (Å²) in [4.78, 5) is 4.93. The highest BCUT2D eigenvalue weighted by molar-refractivity contribution is 7.98. The summed E-state index contributed by atoms with van der Waals surface area (Å²) < 4.78 is 42.0. The number of hydrogen-bond donors (Lipinski definition) is 0.